The molecule has 15 heavy (non-hydrogen) atoms. The summed E-state index contributed by atoms with van der Waals surface area (Å²) in [6.45, 7) is 0. The van der Waals surface area contributed by atoms with Crippen LogP contribution in [0.1, 0.15) is 16.1 Å². The number of hydrogen-bond donors (Lipinski definition) is 1. The predicted molar refractivity (Wildman–Crippen MR) is 40.5 cm³/mol. The first-order valence-corrected chi connectivity index (χ1v) is 3.57. The molecule has 0 fully saturated rings. The molecule has 1 rings (SSSR count). The molecule has 82 valence electrons. The van der Waals surface area contributed by atoms with E-state index in [4.69, 9.17) is 5.11 Å². The molecular weight excluding hydrogens is 217 g/mol. The lowest BCUT2D eigenvalue weighted by molar-refractivity contribution is -0.141. The van der Waals surface area contributed by atoms with Crippen LogP contribution in [0.15, 0.2) is 6.33 Å². The Kier molecular flexibility index (Phi) is 2.78. The lowest BCUT2D eigenvalue weighted by Crippen LogP contribution is -2.17. The standard InChI is InChI=1S/C7H5F3N2O3/c1-15-5-3(6(13)14)4(7(8,9)10)11-2-12-5/h2H,1H3,(H,13,14). The molecule has 0 aliphatic rings. The third kappa shape index (κ3) is 2.14. The molecule has 0 aromatic carbocycles. The number of alkyl halides is 3. The topological polar surface area (TPSA) is 72.3 Å². The maximum absolute atomic E-state index is 12.3. The van der Waals surface area contributed by atoms with Crippen molar-refractivity contribution in [2.45, 2.75) is 6.18 Å². The van der Waals surface area contributed by atoms with Gasteiger partial charge in [0.1, 0.15) is 6.33 Å². The highest BCUT2D eigenvalue weighted by Crippen LogP contribution is 2.32. The van der Waals surface area contributed by atoms with Gasteiger partial charge < -0.3 is 9.84 Å². The Morgan fingerprint density at radius 1 is 1.47 bits per heavy atom. The van der Waals surface area contributed by atoms with Gasteiger partial charge in [0.25, 0.3) is 0 Å². The summed E-state index contributed by atoms with van der Waals surface area (Å²) in [6.07, 6.45) is -4.27. The van der Waals surface area contributed by atoms with E-state index in [1.807, 2.05) is 0 Å². The van der Waals surface area contributed by atoms with Crippen molar-refractivity contribution in [3.05, 3.63) is 17.6 Å². The lowest BCUT2D eigenvalue weighted by atomic mass is 10.2. The van der Waals surface area contributed by atoms with Crippen LogP contribution < -0.4 is 4.74 Å². The maximum Gasteiger partial charge on any atom is 0.434 e. The van der Waals surface area contributed by atoms with Gasteiger partial charge >= 0.3 is 12.1 Å². The molecule has 0 aliphatic carbocycles. The number of aromatic nitrogens is 2. The van der Waals surface area contributed by atoms with Crippen molar-refractivity contribution in [2.24, 2.45) is 0 Å². The number of methoxy groups -OCH3 is 1. The van der Waals surface area contributed by atoms with Crippen molar-refractivity contribution < 1.29 is 27.8 Å². The minimum absolute atomic E-state index is 0.591. The van der Waals surface area contributed by atoms with Crippen molar-refractivity contribution in [1.82, 2.24) is 9.97 Å². The lowest BCUT2D eigenvalue weighted by Gasteiger charge is -2.10. The van der Waals surface area contributed by atoms with Gasteiger partial charge in [-0.2, -0.15) is 13.2 Å². The quantitative estimate of drug-likeness (QED) is 0.813. The van der Waals surface area contributed by atoms with E-state index in [2.05, 4.69) is 14.7 Å². The first kappa shape index (κ1) is 11.2. The van der Waals surface area contributed by atoms with Gasteiger partial charge in [0.15, 0.2) is 11.3 Å². The number of aromatic carboxylic acids is 1. The summed E-state index contributed by atoms with van der Waals surface area (Å²) < 4.78 is 41.4. The zero-order valence-electron chi connectivity index (χ0n) is 7.37. The molecule has 0 amide bonds. The summed E-state index contributed by atoms with van der Waals surface area (Å²) in [7, 11) is 1.02. The average molecular weight is 222 g/mol. The molecule has 1 N–H and O–H groups in total. The van der Waals surface area contributed by atoms with Crippen molar-refractivity contribution >= 4 is 5.97 Å². The molecule has 0 radical (unpaired) electrons. The first-order valence-electron chi connectivity index (χ1n) is 3.57. The number of halogens is 3. The van der Waals surface area contributed by atoms with Crippen LogP contribution in [-0.2, 0) is 6.18 Å². The zero-order valence-corrected chi connectivity index (χ0v) is 7.37. The molecule has 0 saturated carbocycles. The van der Waals surface area contributed by atoms with E-state index in [0.717, 1.165) is 7.11 Å². The Balaban J connectivity index is 3.46. The van der Waals surface area contributed by atoms with E-state index in [1.54, 1.807) is 0 Å². The van der Waals surface area contributed by atoms with E-state index in [9.17, 15) is 18.0 Å². The molecule has 0 bridgehead atoms. The number of nitrogens with zero attached hydrogens (tertiary/aromatic N) is 2. The van der Waals surface area contributed by atoms with E-state index >= 15 is 0 Å². The highest BCUT2D eigenvalue weighted by atomic mass is 19.4. The fourth-order valence-electron chi connectivity index (χ4n) is 0.932. The third-order valence-corrected chi connectivity index (χ3v) is 1.49. The van der Waals surface area contributed by atoms with Gasteiger partial charge in [-0.3, -0.25) is 0 Å². The van der Waals surface area contributed by atoms with E-state index in [-0.39, 0.29) is 0 Å². The third-order valence-electron chi connectivity index (χ3n) is 1.49. The monoisotopic (exact) mass is 222 g/mol. The van der Waals surface area contributed by atoms with Crippen molar-refractivity contribution in [3.8, 4) is 5.88 Å². The molecular formula is C7H5F3N2O3. The first-order chi connectivity index (χ1) is 6.88. The van der Waals surface area contributed by atoms with Gasteiger partial charge in [-0.05, 0) is 0 Å². The number of rotatable bonds is 2. The van der Waals surface area contributed by atoms with Crippen molar-refractivity contribution in [1.29, 1.82) is 0 Å². The highest BCUT2D eigenvalue weighted by Gasteiger charge is 2.39. The van der Waals surface area contributed by atoms with Gasteiger partial charge in [0.05, 0.1) is 7.11 Å². The van der Waals surface area contributed by atoms with Crippen LogP contribution in [0.4, 0.5) is 13.2 Å². The van der Waals surface area contributed by atoms with Gasteiger partial charge in [-0.25, -0.2) is 14.8 Å². The summed E-state index contributed by atoms with van der Waals surface area (Å²) in [5.74, 6) is -2.41. The Morgan fingerprint density at radius 3 is 2.47 bits per heavy atom. The van der Waals surface area contributed by atoms with E-state index < -0.39 is 29.3 Å². The van der Waals surface area contributed by atoms with Crippen LogP contribution in [-0.4, -0.2) is 28.2 Å². The average Bonchev–Trinajstić information content (AvgIpc) is 2.15. The maximum atomic E-state index is 12.3. The van der Waals surface area contributed by atoms with Gasteiger partial charge in [-0.1, -0.05) is 0 Å². The van der Waals surface area contributed by atoms with Crippen LogP contribution >= 0.6 is 0 Å². The Bertz CT molecular complexity index is 392. The van der Waals surface area contributed by atoms with Crippen LogP contribution in [0, 0.1) is 0 Å². The number of hydrogen-bond acceptors (Lipinski definition) is 4. The molecule has 0 unspecified atom stereocenters. The van der Waals surface area contributed by atoms with Gasteiger partial charge in [-0.15, -0.1) is 0 Å². The van der Waals surface area contributed by atoms with Gasteiger partial charge in [0, 0.05) is 0 Å². The molecule has 8 heteroatoms. The molecule has 1 aromatic heterocycles. The van der Waals surface area contributed by atoms with Gasteiger partial charge in [0.2, 0.25) is 5.88 Å². The molecule has 1 aromatic rings. The fraction of sp³-hybridized carbons (Fsp3) is 0.286. The van der Waals surface area contributed by atoms with Crippen LogP contribution in [0.2, 0.25) is 0 Å². The second-order valence-corrected chi connectivity index (χ2v) is 2.41. The summed E-state index contributed by atoms with van der Waals surface area (Å²) >= 11 is 0. The molecule has 1 heterocycles. The van der Waals surface area contributed by atoms with Crippen LogP contribution in [0.5, 0.6) is 5.88 Å². The van der Waals surface area contributed by atoms with Crippen LogP contribution in [0.25, 0.3) is 0 Å². The molecule has 0 atom stereocenters. The van der Waals surface area contributed by atoms with E-state index in [0.29, 0.717) is 6.33 Å². The Hall–Kier alpha value is -1.86. The molecule has 0 spiro atoms. The summed E-state index contributed by atoms with van der Waals surface area (Å²) in [4.78, 5) is 16.7. The Labute approximate surface area is 81.5 Å². The predicted octanol–water partition coefficient (Wildman–Crippen LogP) is 1.20. The zero-order chi connectivity index (χ0) is 11.6. The molecule has 5 nitrogen and oxygen atoms in total. The highest BCUT2D eigenvalue weighted by molar-refractivity contribution is 5.91. The normalized spacial score (nSPS) is 11.2. The minimum atomic E-state index is -4.86. The van der Waals surface area contributed by atoms with E-state index in [1.165, 1.54) is 0 Å². The molecule has 0 saturated heterocycles. The summed E-state index contributed by atoms with van der Waals surface area (Å²) in [6, 6.07) is 0. The second-order valence-electron chi connectivity index (χ2n) is 2.41. The Morgan fingerprint density at radius 2 is 2.07 bits per heavy atom. The van der Waals surface area contributed by atoms with Crippen molar-refractivity contribution in [2.75, 3.05) is 7.11 Å². The van der Waals surface area contributed by atoms with Crippen molar-refractivity contribution in [3.63, 3.8) is 0 Å². The molecule has 0 aliphatic heterocycles. The second kappa shape index (κ2) is 3.71. The van der Waals surface area contributed by atoms with Crippen LogP contribution in [0.3, 0.4) is 0 Å². The summed E-state index contributed by atoms with van der Waals surface area (Å²) in [5, 5.41) is 8.58. The smallest absolute Gasteiger partial charge is 0.434 e. The number of carboxylic acids is 1. The summed E-state index contributed by atoms with van der Waals surface area (Å²) in [5.41, 5.74) is -2.62. The SMILES string of the molecule is COc1ncnc(C(F)(F)F)c1C(=O)O. The number of carboxylic acid groups (broad SMARTS) is 1. The fourth-order valence-corrected chi connectivity index (χ4v) is 0.932. The number of carbonyl (C=O) groups is 1. The largest absolute Gasteiger partial charge is 0.480 e. The number of ether oxygens (including phenoxy) is 1. The minimum Gasteiger partial charge on any atom is -0.480 e.